The molecule has 2 amide bonds. The molecule has 2 aromatic carbocycles. The lowest BCUT2D eigenvalue weighted by Gasteiger charge is -2.32. The minimum Gasteiger partial charge on any atom is -0.349 e. The Morgan fingerprint density at radius 3 is 2.24 bits per heavy atom. The van der Waals surface area contributed by atoms with Crippen molar-refractivity contribution in [3.05, 3.63) is 64.7 Å². The first-order chi connectivity index (χ1) is 15.7. The molecule has 1 saturated heterocycles. The first-order valence-electron chi connectivity index (χ1n) is 11.5. The monoisotopic (exact) mass is 471 g/mol. The molecule has 33 heavy (non-hydrogen) atoms. The van der Waals surface area contributed by atoms with Crippen LogP contribution in [0, 0.1) is 13.8 Å². The molecule has 0 spiro atoms. The Kier molecular flexibility index (Phi) is 7.92. The largest absolute Gasteiger partial charge is 0.349 e. The Balaban J connectivity index is 1.67. The van der Waals surface area contributed by atoms with E-state index in [9.17, 15) is 18.0 Å². The standard InChI is InChI=1S/C25H33N3O4S/c1-5-28(6-2)33(31,32)23-17-20(12-11-19(23)4)25(30)27-15-13-21(14-16-27)26-24(29)22-10-8-7-9-18(22)3/h7-12,17,21H,5-6,13-16H2,1-4H3,(H,26,29). The van der Waals surface area contributed by atoms with Gasteiger partial charge in [-0.25, -0.2) is 8.42 Å². The van der Waals surface area contributed by atoms with Crippen LogP contribution in [0.4, 0.5) is 0 Å². The average Bonchev–Trinajstić information content (AvgIpc) is 2.80. The van der Waals surface area contributed by atoms with Gasteiger partial charge in [-0.15, -0.1) is 0 Å². The smallest absolute Gasteiger partial charge is 0.253 e. The summed E-state index contributed by atoms with van der Waals surface area (Å²) in [6.45, 7) is 9.00. The third-order valence-corrected chi connectivity index (χ3v) is 8.46. The van der Waals surface area contributed by atoms with Gasteiger partial charge in [0.1, 0.15) is 0 Å². The predicted octanol–water partition coefficient (Wildman–Crippen LogP) is 3.37. The van der Waals surface area contributed by atoms with E-state index in [0.29, 0.717) is 55.7 Å². The van der Waals surface area contributed by atoms with Gasteiger partial charge in [-0.05, 0) is 56.0 Å². The van der Waals surface area contributed by atoms with Crippen molar-refractivity contribution < 1.29 is 18.0 Å². The van der Waals surface area contributed by atoms with E-state index < -0.39 is 10.0 Å². The van der Waals surface area contributed by atoms with Crippen LogP contribution in [0.3, 0.4) is 0 Å². The first kappa shape index (κ1) is 24.9. The summed E-state index contributed by atoms with van der Waals surface area (Å²) in [5.74, 6) is -0.280. The van der Waals surface area contributed by atoms with Gasteiger partial charge in [0.05, 0.1) is 4.90 Å². The number of nitrogens with one attached hydrogen (secondary N) is 1. The van der Waals surface area contributed by atoms with Gasteiger partial charge in [0.25, 0.3) is 11.8 Å². The summed E-state index contributed by atoms with van der Waals surface area (Å²) in [6, 6.07) is 12.3. The van der Waals surface area contributed by atoms with E-state index in [4.69, 9.17) is 0 Å². The lowest BCUT2D eigenvalue weighted by molar-refractivity contribution is 0.0698. The molecule has 7 nitrogen and oxygen atoms in total. The van der Waals surface area contributed by atoms with Gasteiger partial charge in [-0.3, -0.25) is 9.59 Å². The van der Waals surface area contributed by atoms with Crippen LogP contribution < -0.4 is 5.32 Å². The number of carbonyl (C=O) groups excluding carboxylic acids is 2. The second kappa shape index (κ2) is 10.5. The van der Waals surface area contributed by atoms with Crippen LogP contribution in [0.25, 0.3) is 0 Å². The van der Waals surface area contributed by atoms with Gasteiger partial charge in [-0.2, -0.15) is 4.31 Å². The maximum atomic E-state index is 13.1. The fraction of sp³-hybridized carbons (Fsp3) is 0.440. The average molecular weight is 472 g/mol. The van der Waals surface area contributed by atoms with Gasteiger partial charge in [0.2, 0.25) is 10.0 Å². The van der Waals surface area contributed by atoms with Crippen LogP contribution in [0.2, 0.25) is 0 Å². The van der Waals surface area contributed by atoms with E-state index in [1.165, 1.54) is 10.4 Å². The SMILES string of the molecule is CCN(CC)S(=O)(=O)c1cc(C(=O)N2CCC(NC(=O)c3ccccc3C)CC2)ccc1C. The third kappa shape index (κ3) is 5.45. The molecule has 178 valence electrons. The molecule has 0 aliphatic carbocycles. The zero-order valence-corrected chi connectivity index (χ0v) is 20.6. The van der Waals surface area contributed by atoms with Crippen molar-refractivity contribution in [3.63, 3.8) is 0 Å². The Labute approximate surface area is 196 Å². The van der Waals surface area contributed by atoms with Gasteiger partial charge in [0.15, 0.2) is 0 Å². The number of likely N-dealkylation sites (tertiary alicyclic amines) is 1. The topological polar surface area (TPSA) is 86.8 Å². The highest BCUT2D eigenvalue weighted by molar-refractivity contribution is 7.89. The minimum atomic E-state index is -3.66. The van der Waals surface area contributed by atoms with Gasteiger partial charge in [-0.1, -0.05) is 38.1 Å². The molecule has 0 aromatic heterocycles. The molecule has 1 N–H and O–H groups in total. The molecule has 1 aliphatic heterocycles. The molecule has 0 saturated carbocycles. The molecular weight excluding hydrogens is 438 g/mol. The first-order valence-corrected chi connectivity index (χ1v) is 12.9. The van der Waals surface area contributed by atoms with E-state index in [1.54, 1.807) is 37.8 Å². The summed E-state index contributed by atoms with van der Waals surface area (Å²) in [7, 11) is -3.66. The summed E-state index contributed by atoms with van der Waals surface area (Å²) in [4.78, 5) is 27.6. The second-order valence-corrected chi connectivity index (χ2v) is 10.3. The number of piperidine rings is 1. The molecule has 2 aromatic rings. The fourth-order valence-electron chi connectivity index (χ4n) is 4.21. The predicted molar refractivity (Wildman–Crippen MR) is 129 cm³/mol. The van der Waals surface area contributed by atoms with E-state index in [1.807, 2.05) is 31.2 Å². The molecule has 0 bridgehead atoms. The number of hydrogen-bond acceptors (Lipinski definition) is 4. The van der Waals surface area contributed by atoms with Crippen molar-refractivity contribution in [1.82, 2.24) is 14.5 Å². The van der Waals surface area contributed by atoms with Gasteiger partial charge in [0, 0.05) is 43.3 Å². The number of aryl methyl sites for hydroxylation is 2. The Morgan fingerprint density at radius 1 is 1.00 bits per heavy atom. The molecule has 8 heteroatoms. The molecule has 0 radical (unpaired) electrons. The Hall–Kier alpha value is -2.71. The molecule has 0 atom stereocenters. The molecule has 3 rings (SSSR count). The van der Waals surface area contributed by atoms with Crippen LogP contribution in [0.5, 0.6) is 0 Å². The molecule has 1 fully saturated rings. The van der Waals surface area contributed by atoms with Crippen molar-refractivity contribution >= 4 is 21.8 Å². The highest BCUT2D eigenvalue weighted by Gasteiger charge is 2.28. The van der Waals surface area contributed by atoms with Crippen molar-refractivity contribution in [2.45, 2.75) is 51.5 Å². The van der Waals surface area contributed by atoms with E-state index in [0.717, 1.165) is 5.56 Å². The normalized spacial score (nSPS) is 15.0. The summed E-state index contributed by atoms with van der Waals surface area (Å²) in [5.41, 5.74) is 2.58. The molecule has 1 aliphatic rings. The molecule has 1 heterocycles. The van der Waals surface area contributed by atoms with Gasteiger partial charge >= 0.3 is 0 Å². The van der Waals surface area contributed by atoms with Crippen molar-refractivity contribution in [2.75, 3.05) is 26.2 Å². The van der Waals surface area contributed by atoms with Crippen LogP contribution in [0.15, 0.2) is 47.4 Å². The number of amides is 2. The Bertz CT molecular complexity index is 1120. The summed E-state index contributed by atoms with van der Waals surface area (Å²) in [6.07, 6.45) is 1.31. The molecular formula is C25H33N3O4S. The van der Waals surface area contributed by atoms with Crippen LogP contribution in [-0.2, 0) is 10.0 Å². The summed E-state index contributed by atoms with van der Waals surface area (Å²) < 4.78 is 27.4. The lowest BCUT2D eigenvalue weighted by atomic mass is 10.0. The highest BCUT2D eigenvalue weighted by atomic mass is 32.2. The van der Waals surface area contributed by atoms with Crippen molar-refractivity contribution in [1.29, 1.82) is 0 Å². The van der Waals surface area contributed by atoms with Crippen LogP contribution in [-0.4, -0.2) is 61.7 Å². The van der Waals surface area contributed by atoms with Crippen molar-refractivity contribution in [3.8, 4) is 0 Å². The van der Waals surface area contributed by atoms with Gasteiger partial charge < -0.3 is 10.2 Å². The van der Waals surface area contributed by atoms with E-state index >= 15 is 0 Å². The third-order valence-electron chi connectivity index (χ3n) is 6.27. The minimum absolute atomic E-state index is 0.00206. The summed E-state index contributed by atoms with van der Waals surface area (Å²) in [5, 5.41) is 3.08. The number of benzene rings is 2. The van der Waals surface area contributed by atoms with Crippen molar-refractivity contribution in [2.24, 2.45) is 0 Å². The zero-order valence-electron chi connectivity index (χ0n) is 19.8. The number of nitrogens with zero attached hydrogens (tertiary/aromatic N) is 2. The van der Waals surface area contributed by atoms with Crippen LogP contribution >= 0.6 is 0 Å². The maximum Gasteiger partial charge on any atom is 0.253 e. The number of rotatable bonds is 7. The maximum absolute atomic E-state index is 13.1. The second-order valence-electron chi connectivity index (χ2n) is 8.42. The number of sulfonamides is 1. The highest BCUT2D eigenvalue weighted by Crippen LogP contribution is 2.23. The number of carbonyl (C=O) groups is 2. The fourth-order valence-corrected chi connectivity index (χ4v) is 5.92. The molecule has 0 unspecified atom stereocenters. The lowest BCUT2D eigenvalue weighted by Crippen LogP contribution is -2.46. The zero-order chi connectivity index (χ0) is 24.2. The Morgan fingerprint density at radius 2 is 1.64 bits per heavy atom. The van der Waals surface area contributed by atoms with E-state index in [-0.39, 0.29) is 22.8 Å². The summed E-state index contributed by atoms with van der Waals surface area (Å²) >= 11 is 0. The van der Waals surface area contributed by atoms with Crippen LogP contribution in [0.1, 0.15) is 58.5 Å². The van der Waals surface area contributed by atoms with E-state index in [2.05, 4.69) is 5.32 Å². The number of hydrogen-bond donors (Lipinski definition) is 1. The quantitative estimate of drug-likeness (QED) is 0.671.